The third-order valence-corrected chi connectivity index (χ3v) is 4.09. The molecule has 0 atom stereocenters. The fraction of sp³-hybridized carbons (Fsp3) is 0.526. The average Bonchev–Trinajstić information content (AvgIpc) is 3.03. The van der Waals surface area contributed by atoms with Gasteiger partial charge in [0.25, 0.3) is 0 Å². The monoisotopic (exact) mass is 458 g/mol. The largest absolute Gasteiger partial charge is 0.385 e. The van der Waals surface area contributed by atoms with Crippen LogP contribution in [0.5, 0.6) is 0 Å². The SMILES string of the molecule is CN=C(NCCCCCOC)NCCCn1ccc2ccccc21.I. The number of ether oxygens (including phenoxy) is 1. The number of hydrogen-bond donors (Lipinski definition) is 2. The summed E-state index contributed by atoms with van der Waals surface area (Å²) in [6.45, 7) is 3.72. The highest BCUT2D eigenvalue weighted by atomic mass is 127. The smallest absolute Gasteiger partial charge is 0.190 e. The Balaban J connectivity index is 0.00000312. The van der Waals surface area contributed by atoms with Gasteiger partial charge in [-0.25, -0.2) is 0 Å². The van der Waals surface area contributed by atoms with Crippen LogP contribution in [0.1, 0.15) is 25.7 Å². The van der Waals surface area contributed by atoms with Crippen molar-refractivity contribution in [3.63, 3.8) is 0 Å². The number of guanidine groups is 1. The summed E-state index contributed by atoms with van der Waals surface area (Å²) in [6.07, 6.45) is 6.66. The first-order valence-corrected chi connectivity index (χ1v) is 8.82. The number of para-hydroxylation sites is 1. The van der Waals surface area contributed by atoms with Gasteiger partial charge in [0.2, 0.25) is 0 Å². The van der Waals surface area contributed by atoms with E-state index in [1.165, 1.54) is 17.3 Å². The van der Waals surface area contributed by atoms with Crippen LogP contribution in [0.3, 0.4) is 0 Å². The number of halogens is 1. The van der Waals surface area contributed by atoms with E-state index in [0.29, 0.717) is 0 Å². The van der Waals surface area contributed by atoms with Crippen LogP contribution in [0.4, 0.5) is 0 Å². The fourth-order valence-corrected chi connectivity index (χ4v) is 2.77. The van der Waals surface area contributed by atoms with Crippen LogP contribution in [-0.2, 0) is 11.3 Å². The van der Waals surface area contributed by atoms with Crippen LogP contribution in [0, 0.1) is 0 Å². The number of methoxy groups -OCH3 is 1. The molecule has 0 spiro atoms. The molecule has 6 heteroatoms. The van der Waals surface area contributed by atoms with Gasteiger partial charge in [-0.3, -0.25) is 4.99 Å². The molecule has 0 radical (unpaired) electrons. The number of aromatic nitrogens is 1. The molecule has 0 aliphatic rings. The van der Waals surface area contributed by atoms with Crippen molar-refractivity contribution in [1.29, 1.82) is 0 Å². The van der Waals surface area contributed by atoms with Crippen molar-refractivity contribution >= 4 is 40.8 Å². The maximum atomic E-state index is 5.06. The second-order valence-corrected chi connectivity index (χ2v) is 5.90. The molecule has 0 aliphatic carbocycles. The van der Waals surface area contributed by atoms with Gasteiger partial charge in [-0.15, -0.1) is 24.0 Å². The number of hydrogen-bond acceptors (Lipinski definition) is 2. The molecular formula is C19H31IN4O. The van der Waals surface area contributed by atoms with Gasteiger partial charge in [-0.05, 0) is 43.2 Å². The maximum absolute atomic E-state index is 5.06. The molecule has 2 aromatic rings. The Morgan fingerprint density at radius 2 is 1.80 bits per heavy atom. The summed E-state index contributed by atoms with van der Waals surface area (Å²) in [5.41, 5.74) is 1.30. The minimum absolute atomic E-state index is 0. The normalized spacial score (nSPS) is 11.4. The van der Waals surface area contributed by atoms with E-state index in [1.807, 2.05) is 7.05 Å². The molecule has 5 nitrogen and oxygen atoms in total. The third kappa shape index (κ3) is 7.64. The lowest BCUT2D eigenvalue weighted by Crippen LogP contribution is -2.38. The molecule has 0 aliphatic heterocycles. The molecule has 2 N–H and O–H groups in total. The molecule has 1 aromatic heterocycles. The topological polar surface area (TPSA) is 50.6 Å². The van der Waals surface area contributed by atoms with Crippen molar-refractivity contribution in [2.45, 2.75) is 32.2 Å². The lowest BCUT2D eigenvalue weighted by molar-refractivity contribution is 0.192. The zero-order chi connectivity index (χ0) is 17.0. The first-order valence-electron chi connectivity index (χ1n) is 8.82. The van der Waals surface area contributed by atoms with Crippen LogP contribution in [0.2, 0.25) is 0 Å². The van der Waals surface area contributed by atoms with Gasteiger partial charge in [0.05, 0.1) is 0 Å². The van der Waals surface area contributed by atoms with Crippen LogP contribution in [0.15, 0.2) is 41.5 Å². The Kier molecular flexibility index (Phi) is 11.3. The molecule has 0 fully saturated rings. The Morgan fingerprint density at radius 3 is 2.56 bits per heavy atom. The van der Waals surface area contributed by atoms with Gasteiger partial charge in [0, 0.05) is 52.1 Å². The highest BCUT2D eigenvalue weighted by Crippen LogP contribution is 2.15. The van der Waals surface area contributed by atoms with Gasteiger partial charge >= 0.3 is 0 Å². The van der Waals surface area contributed by atoms with E-state index in [2.05, 4.69) is 56.7 Å². The number of nitrogens with one attached hydrogen (secondary N) is 2. The number of fused-ring (bicyclic) bond motifs is 1. The quantitative estimate of drug-likeness (QED) is 0.248. The molecular weight excluding hydrogens is 427 g/mol. The van der Waals surface area contributed by atoms with Gasteiger partial charge in [0.15, 0.2) is 5.96 Å². The molecule has 0 saturated carbocycles. The molecule has 2 rings (SSSR count). The zero-order valence-corrected chi connectivity index (χ0v) is 17.7. The first-order chi connectivity index (χ1) is 11.8. The number of aryl methyl sites for hydroxylation is 1. The molecule has 0 saturated heterocycles. The Bertz CT molecular complexity index is 627. The van der Waals surface area contributed by atoms with E-state index >= 15 is 0 Å². The van der Waals surface area contributed by atoms with E-state index < -0.39 is 0 Å². The van der Waals surface area contributed by atoms with Crippen molar-refractivity contribution in [2.24, 2.45) is 4.99 Å². The predicted octanol–water partition coefficient (Wildman–Crippen LogP) is 3.63. The first kappa shape index (κ1) is 21.8. The maximum Gasteiger partial charge on any atom is 0.190 e. The average molecular weight is 458 g/mol. The highest BCUT2D eigenvalue weighted by molar-refractivity contribution is 14.0. The third-order valence-electron chi connectivity index (χ3n) is 4.09. The lowest BCUT2D eigenvalue weighted by Gasteiger charge is -2.12. The molecule has 0 bridgehead atoms. The van der Waals surface area contributed by atoms with E-state index in [-0.39, 0.29) is 24.0 Å². The Morgan fingerprint density at radius 1 is 1.04 bits per heavy atom. The van der Waals surface area contributed by atoms with Crippen LogP contribution < -0.4 is 10.6 Å². The van der Waals surface area contributed by atoms with E-state index in [0.717, 1.165) is 51.5 Å². The van der Waals surface area contributed by atoms with E-state index in [4.69, 9.17) is 4.74 Å². The molecule has 0 amide bonds. The van der Waals surface area contributed by atoms with Crippen LogP contribution in [-0.4, -0.2) is 44.4 Å². The summed E-state index contributed by atoms with van der Waals surface area (Å²) in [6, 6.07) is 10.7. The predicted molar refractivity (Wildman–Crippen MR) is 117 cm³/mol. The minimum atomic E-state index is 0. The summed E-state index contributed by atoms with van der Waals surface area (Å²) in [4.78, 5) is 4.27. The van der Waals surface area contributed by atoms with Crippen molar-refractivity contribution in [3.05, 3.63) is 36.5 Å². The van der Waals surface area contributed by atoms with Crippen LogP contribution >= 0.6 is 24.0 Å². The number of unbranched alkanes of at least 4 members (excludes halogenated alkanes) is 2. The summed E-state index contributed by atoms with van der Waals surface area (Å²) in [5, 5.41) is 8.05. The van der Waals surface area contributed by atoms with Gasteiger partial charge in [-0.1, -0.05) is 18.2 Å². The summed E-state index contributed by atoms with van der Waals surface area (Å²) >= 11 is 0. The molecule has 0 unspecified atom stereocenters. The highest BCUT2D eigenvalue weighted by Gasteiger charge is 2.00. The van der Waals surface area contributed by atoms with Crippen molar-refractivity contribution < 1.29 is 4.74 Å². The minimum Gasteiger partial charge on any atom is -0.385 e. The Labute approximate surface area is 168 Å². The van der Waals surface area contributed by atoms with Crippen molar-refractivity contribution in [1.82, 2.24) is 15.2 Å². The molecule has 1 aromatic carbocycles. The standard InChI is InChI=1S/C19H30N4O.HI/c1-20-19(21-12-6-3-7-16-24-2)22-13-8-14-23-15-11-17-9-4-5-10-18(17)23;/h4-5,9-11,15H,3,6-8,12-14,16H2,1-2H3,(H2,20,21,22);1H. The van der Waals surface area contributed by atoms with Gasteiger partial charge < -0.3 is 19.9 Å². The number of benzene rings is 1. The van der Waals surface area contributed by atoms with Crippen LogP contribution in [0.25, 0.3) is 10.9 Å². The molecule has 25 heavy (non-hydrogen) atoms. The number of rotatable bonds is 10. The van der Waals surface area contributed by atoms with Gasteiger partial charge in [-0.2, -0.15) is 0 Å². The zero-order valence-electron chi connectivity index (χ0n) is 15.3. The summed E-state index contributed by atoms with van der Waals surface area (Å²) < 4.78 is 7.36. The molecule has 1 heterocycles. The second-order valence-electron chi connectivity index (χ2n) is 5.90. The summed E-state index contributed by atoms with van der Waals surface area (Å²) in [7, 11) is 3.57. The molecule has 140 valence electrons. The van der Waals surface area contributed by atoms with Gasteiger partial charge in [0.1, 0.15) is 0 Å². The fourth-order valence-electron chi connectivity index (χ4n) is 2.77. The van der Waals surface area contributed by atoms with Crippen molar-refractivity contribution in [2.75, 3.05) is 33.9 Å². The second kappa shape index (κ2) is 13.0. The number of aliphatic imine (C=N–C) groups is 1. The van der Waals surface area contributed by atoms with Crippen molar-refractivity contribution in [3.8, 4) is 0 Å². The Hall–Kier alpha value is -1.28. The number of nitrogens with zero attached hydrogens (tertiary/aromatic N) is 2. The lowest BCUT2D eigenvalue weighted by atomic mass is 10.2. The van der Waals surface area contributed by atoms with E-state index in [1.54, 1.807) is 7.11 Å². The van der Waals surface area contributed by atoms with E-state index in [9.17, 15) is 0 Å². The summed E-state index contributed by atoms with van der Waals surface area (Å²) in [5.74, 6) is 0.888.